The van der Waals surface area contributed by atoms with Crippen LogP contribution in [0.25, 0.3) is 0 Å². The first-order valence-electron chi connectivity index (χ1n) is 3.54. The molecule has 0 unspecified atom stereocenters. The normalized spacial score (nSPS) is 8.07. The van der Waals surface area contributed by atoms with Crippen LogP contribution in [0.2, 0.25) is 0 Å². The van der Waals surface area contributed by atoms with E-state index >= 15 is 0 Å². The van der Waals surface area contributed by atoms with Gasteiger partial charge in [0.2, 0.25) is 0 Å². The molecule has 0 amide bonds. The third kappa shape index (κ3) is 0.985. The predicted octanol–water partition coefficient (Wildman–Crippen LogP) is 0.512. The quantitative estimate of drug-likeness (QED) is 0.581. The second-order valence-electron chi connectivity index (χ2n) is 2.45. The fraction of sp³-hybridized carbons (Fsp3) is 0.111. The molecule has 1 heterocycles. The van der Waals surface area contributed by atoms with Crippen molar-refractivity contribution in [1.82, 2.24) is 4.57 Å². The van der Waals surface area contributed by atoms with E-state index in [2.05, 4.69) is 0 Å². The minimum atomic E-state index is -0.0333. The van der Waals surface area contributed by atoms with Crippen LogP contribution in [-0.2, 0) is 7.05 Å². The van der Waals surface area contributed by atoms with Crippen molar-refractivity contribution in [2.75, 3.05) is 0 Å². The summed E-state index contributed by atoms with van der Waals surface area (Å²) >= 11 is 0. The molecule has 5 heteroatoms. The molecule has 0 aromatic carbocycles. The first-order valence-corrected chi connectivity index (χ1v) is 3.54. The molecule has 0 saturated heterocycles. The van der Waals surface area contributed by atoms with Crippen LogP contribution in [0.4, 0.5) is 0 Å². The highest BCUT2D eigenvalue weighted by molar-refractivity contribution is 5.60. The van der Waals surface area contributed by atoms with Gasteiger partial charge in [0.25, 0.3) is 0 Å². The summed E-state index contributed by atoms with van der Waals surface area (Å²) in [4.78, 5) is 0. The van der Waals surface area contributed by atoms with Gasteiger partial charge in [0.05, 0.1) is 0 Å². The molecule has 1 aromatic rings. The van der Waals surface area contributed by atoms with Crippen LogP contribution in [0.5, 0.6) is 0 Å². The molecular weight excluding hydrogens is 178 g/mol. The molecule has 1 aromatic heterocycles. The summed E-state index contributed by atoms with van der Waals surface area (Å²) in [5.41, 5.74) is 0.0179. The van der Waals surface area contributed by atoms with Gasteiger partial charge in [-0.05, 0) is 0 Å². The maximum Gasteiger partial charge on any atom is 0.140 e. The van der Waals surface area contributed by atoms with Crippen molar-refractivity contribution < 1.29 is 0 Å². The Bertz CT molecular complexity index is 501. The molecule has 64 valence electrons. The van der Waals surface area contributed by atoms with Gasteiger partial charge in [-0.3, -0.25) is 0 Å². The average molecular weight is 181 g/mol. The van der Waals surface area contributed by atoms with Gasteiger partial charge in [-0.2, -0.15) is 21.0 Å². The predicted molar refractivity (Wildman–Crippen MR) is 44.3 cm³/mol. The summed E-state index contributed by atoms with van der Waals surface area (Å²) in [5.74, 6) is 0. The Morgan fingerprint density at radius 3 is 1.36 bits per heavy atom. The van der Waals surface area contributed by atoms with Gasteiger partial charge in [0.15, 0.2) is 0 Å². The lowest BCUT2D eigenvalue weighted by Crippen LogP contribution is -1.95. The van der Waals surface area contributed by atoms with Crippen molar-refractivity contribution in [1.29, 1.82) is 21.0 Å². The largest absolute Gasteiger partial charge is 0.325 e. The Kier molecular flexibility index (Phi) is 2.21. The van der Waals surface area contributed by atoms with E-state index in [0.29, 0.717) is 0 Å². The molecule has 0 aliphatic rings. The average Bonchev–Trinajstić information content (AvgIpc) is 2.48. The summed E-state index contributed by atoms with van der Waals surface area (Å²) in [6, 6.07) is 7.05. The lowest BCUT2D eigenvalue weighted by atomic mass is 10.1. The molecule has 0 saturated carbocycles. The maximum absolute atomic E-state index is 8.72. The lowest BCUT2D eigenvalue weighted by Gasteiger charge is -1.92. The van der Waals surface area contributed by atoms with Crippen molar-refractivity contribution in [3.05, 3.63) is 22.5 Å². The smallest absolute Gasteiger partial charge is 0.140 e. The standard InChI is InChI=1S/C9H3N5/c1-14-8(4-12)6(2-10)7(3-11)9(14)5-13/h1H3. The number of nitrogens with zero attached hydrogens (tertiary/aromatic N) is 5. The van der Waals surface area contributed by atoms with Crippen LogP contribution in [0.3, 0.4) is 0 Å². The molecule has 0 aliphatic carbocycles. The molecule has 0 N–H and O–H groups in total. The highest BCUT2D eigenvalue weighted by atomic mass is 15.0. The molecule has 5 nitrogen and oxygen atoms in total. The van der Waals surface area contributed by atoms with E-state index < -0.39 is 0 Å². The first kappa shape index (κ1) is 9.33. The van der Waals surface area contributed by atoms with Gasteiger partial charge in [0.1, 0.15) is 46.8 Å². The Morgan fingerprint density at radius 2 is 1.14 bits per heavy atom. The molecule has 0 bridgehead atoms. The zero-order valence-corrected chi connectivity index (χ0v) is 7.24. The monoisotopic (exact) mass is 181 g/mol. The maximum atomic E-state index is 8.72. The van der Waals surface area contributed by atoms with Crippen LogP contribution >= 0.6 is 0 Å². The highest BCUT2D eigenvalue weighted by Crippen LogP contribution is 2.19. The van der Waals surface area contributed by atoms with Crippen molar-refractivity contribution in [3.63, 3.8) is 0 Å². The third-order valence-corrected chi connectivity index (χ3v) is 1.83. The highest BCUT2D eigenvalue weighted by Gasteiger charge is 2.20. The minimum Gasteiger partial charge on any atom is -0.325 e. The molecule has 14 heavy (non-hydrogen) atoms. The second-order valence-corrected chi connectivity index (χ2v) is 2.45. The fourth-order valence-corrected chi connectivity index (χ4v) is 1.16. The van der Waals surface area contributed by atoms with E-state index in [-0.39, 0.29) is 22.5 Å². The van der Waals surface area contributed by atoms with Gasteiger partial charge >= 0.3 is 0 Å². The van der Waals surface area contributed by atoms with E-state index in [9.17, 15) is 0 Å². The first-order chi connectivity index (χ1) is 6.71. The molecule has 0 spiro atoms. The van der Waals surface area contributed by atoms with Crippen molar-refractivity contribution in [3.8, 4) is 24.3 Å². The molecule has 0 radical (unpaired) electrons. The number of hydrogen-bond donors (Lipinski definition) is 0. The van der Waals surface area contributed by atoms with Gasteiger partial charge in [-0.25, -0.2) is 0 Å². The fourth-order valence-electron chi connectivity index (χ4n) is 1.16. The summed E-state index contributed by atoms with van der Waals surface area (Å²) < 4.78 is 1.25. The van der Waals surface area contributed by atoms with Crippen LogP contribution in [0.15, 0.2) is 0 Å². The van der Waals surface area contributed by atoms with Crippen molar-refractivity contribution in [2.45, 2.75) is 0 Å². The Hall–Kier alpha value is -2.76. The van der Waals surface area contributed by atoms with Gasteiger partial charge in [-0.1, -0.05) is 0 Å². The van der Waals surface area contributed by atoms with Crippen LogP contribution in [0.1, 0.15) is 22.5 Å². The molecular formula is C9H3N5. The van der Waals surface area contributed by atoms with Gasteiger partial charge in [-0.15, -0.1) is 0 Å². The molecule has 0 atom stereocenters. The summed E-state index contributed by atoms with van der Waals surface area (Å²) in [6.07, 6.45) is 0. The van der Waals surface area contributed by atoms with E-state index in [1.54, 1.807) is 24.3 Å². The Morgan fingerprint density at radius 1 is 0.786 bits per heavy atom. The van der Waals surface area contributed by atoms with Crippen molar-refractivity contribution >= 4 is 0 Å². The van der Waals surface area contributed by atoms with Crippen LogP contribution < -0.4 is 0 Å². The van der Waals surface area contributed by atoms with E-state index in [0.717, 1.165) is 0 Å². The second kappa shape index (κ2) is 3.31. The zero-order chi connectivity index (χ0) is 10.7. The summed E-state index contributed by atoms with van der Waals surface area (Å²) in [7, 11) is 1.47. The lowest BCUT2D eigenvalue weighted by molar-refractivity contribution is 0.887. The molecule has 1 rings (SSSR count). The number of rotatable bonds is 0. The summed E-state index contributed by atoms with van der Waals surface area (Å²) in [5, 5.41) is 34.9. The van der Waals surface area contributed by atoms with Crippen LogP contribution in [-0.4, -0.2) is 4.57 Å². The van der Waals surface area contributed by atoms with Crippen molar-refractivity contribution in [2.24, 2.45) is 7.05 Å². The Labute approximate surface area is 80.2 Å². The number of nitriles is 4. The SMILES string of the molecule is Cn1c(C#N)c(C#N)c(C#N)c1C#N. The van der Waals surface area contributed by atoms with Gasteiger partial charge < -0.3 is 4.57 Å². The van der Waals surface area contributed by atoms with Crippen LogP contribution in [0, 0.1) is 45.3 Å². The van der Waals surface area contributed by atoms with E-state index in [4.69, 9.17) is 21.0 Å². The number of hydrogen-bond acceptors (Lipinski definition) is 4. The summed E-state index contributed by atoms with van der Waals surface area (Å²) in [6.45, 7) is 0. The topological polar surface area (TPSA) is 100 Å². The minimum absolute atomic E-state index is 0.0333. The number of aromatic nitrogens is 1. The molecule has 0 fully saturated rings. The third-order valence-electron chi connectivity index (χ3n) is 1.83. The molecule has 0 aliphatic heterocycles. The zero-order valence-electron chi connectivity index (χ0n) is 7.24. The Balaban J connectivity index is 3.80. The van der Waals surface area contributed by atoms with Gasteiger partial charge in [0, 0.05) is 7.05 Å². The van der Waals surface area contributed by atoms with E-state index in [1.807, 2.05) is 0 Å². The van der Waals surface area contributed by atoms with E-state index in [1.165, 1.54) is 11.6 Å².